The number of rotatable bonds is 3. The van der Waals surface area contributed by atoms with Crippen molar-refractivity contribution in [3.8, 4) is 5.75 Å². The van der Waals surface area contributed by atoms with Gasteiger partial charge >= 0.3 is 0 Å². The van der Waals surface area contributed by atoms with E-state index in [-0.39, 0.29) is 0 Å². The summed E-state index contributed by atoms with van der Waals surface area (Å²) >= 11 is 0. The molecule has 0 saturated heterocycles. The lowest BCUT2D eigenvalue weighted by molar-refractivity contribution is 0.300. The van der Waals surface area contributed by atoms with Crippen LogP contribution in [0.25, 0.3) is 10.8 Å². The molecule has 0 aliphatic heterocycles. The van der Waals surface area contributed by atoms with Crippen LogP contribution in [0, 0.1) is 5.92 Å². The molecule has 76 valence electrons. The van der Waals surface area contributed by atoms with Gasteiger partial charge in [0, 0.05) is 0 Å². The van der Waals surface area contributed by atoms with Gasteiger partial charge in [-0.25, -0.2) is 0 Å². The van der Waals surface area contributed by atoms with E-state index in [1.54, 1.807) is 0 Å². The van der Waals surface area contributed by atoms with Gasteiger partial charge in [0.15, 0.2) is 0 Å². The van der Waals surface area contributed by atoms with Crippen molar-refractivity contribution in [1.29, 1.82) is 0 Å². The van der Waals surface area contributed by atoms with Crippen molar-refractivity contribution in [2.75, 3.05) is 6.61 Å². The maximum Gasteiger partial charge on any atom is 0.119 e. The van der Waals surface area contributed by atoms with Crippen LogP contribution >= 0.6 is 0 Å². The highest BCUT2D eigenvalue weighted by atomic mass is 16.5. The predicted molar refractivity (Wildman–Crippen MR) is 62.2 cm³/mol. The summed E-state index contributed by atoms with van der Waals surface area (Å²) in [6.07, 6.45) is 2.68. The Morgan fingerprint density at radius 1 is 1.00 bits per heavy atom. The molecule has 0 amide bonds. The van der Waals surface area contributed by atoms with Gasteiger partial charge < -0.3 is 4.74 Å². The molecule has 1 heteroatoms. The average molecular weight is 198 g/mol. The molecule has 1 aliphatic carbocycles. The van der Waals surface area contributed by atoms with E-state index >= 15 is 0 Å². The van der Waals surface area contributed by atoms with E-state index in [0.29, 0.717) is 0 Å². The first-order chi connectivity index (χ1) is 7.42. The molecule has 0 spiro atoms. The summed E-state index contributed by atoms with van der Waals surface area (Å²) in [4.78, 5) is 0. The van der Waals surface area contributed by atoms with Crippen LogP contribution in [-0.2, 0) is 0 Å². The van der Waals surface area contributed by atoms with Crippen molar-refractivity contribution < 1.29 is 4.74 Å². The Kier molecular flexibility index (Phi) is 2.09. The lowest BCUT2D eigenvalue weighted by atomic mass is 10.1. The van der Waals surface area contributed by atoms with Crippen LogP contribution in [0.4, 0.5) is 0 Å². The van der Waals surface area contributed by atoms with Gasteiger partial charge in [0.1, 0.15) is 5.75 Å². The second-order valence-electron chi connectivity index (χ2n) is 4.26. The second-order valence-corrected chi connectivity index (χ2v) is 4.26. The fourth-order valence-electron chi connectivity index (χ4n) is 1.76. The molecule has 1 saturated carbocycles. The summed E-state index contributed by atoms with van der Waals surface area (Å²) in [5.41, 5.74) is 0. The molecular formula is C14H14O. The van der Waals surface area contributed by atoms with Crippen LogP contribution in [0.2, 0.25) is 0 Å². The molecule has 0 atom stereocenters. The first-order valence-electron chi connectivity index (χ1n) is 5.53. The Bertz CT molecular complexity index is 471. The van der Waals surface area contributed by atoms with Gasteiger partial charge in [-0.05, 0) is 41.7 Å². The number of fused-ring (bicyclic) bond motifs is 1. The minimum atomic E-state index is 0.816. The van der Waals surface area contributed by atoms with Crippen LogP contribution in [0.5, 0.6) is 5.75 Å². The summed E-state index contributed by atoms with van der Waals surface area (Å²) < 4.78 is 5.74. The van der Waals surface area contributed by atoms with Crippen molar-refractivity contribution in [3.05, 3.63) is 42.5 Å². The lowest BCUT2D eigenvalue weighted by Gasteiger charge is -2.06. The van der Waals surface area contributed by atoms with E-state index in [2.05, 4.69) is 42.5 Å². The quantitative estimate of drug-likeness (QED) is 0.731. The first-order valence-corrected chi connectivity index (χ1v) is 5.53. The molecule has 1 aliphatic rings. The van der Waals surface area contributed by atoms with Crippen LogP contribution in [0.15, 0.2) is 42.5 Å². The third-order valence-electron chi connectivity index (χ3n) is 2.90. The van der Waals surface area contributed by atoms with Crippen molar-refractivity contribution in [1.82, 2.24) is 0 Å². The van der Waals surface area contributed by atoms with E-state index in [1.807, 2.05) is 0 Å². The molecule has 3 rings (SSSR count). The third-order valence-corrected chi connectivity index (χ3v) is 2.90. The zero-order chi connectivity index (χ0) is 10.1. The summed E-state index contributed by atoms with van der Waals surface area (Å²) in [5.74, 6) is 1.82. The molecular weight excluding hydrogens is 184 g/mol. The van der Waals surface area contributed by atoms with Gasteiger partial charge in [-0.1, -0.05) is 30.3 Å². The topological polar surface area (TPSA) is 9.23 Å². The number of hydrogen-bond donors (Lipinski definition) is 0. The summed E-state index contributed by atoms with van der Waals surface area (Å²) in [5, 5.41) is 2.53. The highest BCUT2D eigenvalue weighted by Crippen LogP contribution is 2.30. The molecule has 0 bridgehead atoms. The van der Waals surface area contributed by atoms with Crippen molar-refractivity contribution in [3.63, 3.8) is 0 Å². The monoisotopic (exact) mass is 198 g/mol. The maximum atomic E-state index is 5.74. The van der Waals surface area contributed by atoms with Gasteiger partial charge in [0.25, 0.3) is 0 Å². The summed E-state index contributed by atoms with van der Waals surface area (Å²) in [7, 11) is 0. The number of ether oxygens (including phenoxy) is 1. The fraction of sp³-hybridized carbons (Fsp3) is 0.286. The fourth-order valence-corrected chi connectivity index (χ4v) is 1.76. The standard InChI is InChI=1S/C14H14O/c1-2-4-13-9-14(8-7-12(13)3-1)15-10-11-5-6-11/h1-4,7-9,11H,5-6,10H2. The molecule has 2 aromatic carbocycles. The SMILES string of the molecule is c1ccc2cc(OCC3CC3)ccc2c1. The number of benzene rings is 2. The summed E-state index contributed by atoms with van der Waals surface area (Å²) in [6.45, 7) is 0.887. The largest absolute Gasteiger partial charge is 0.493 e. The van der Waals surface area contributed by atoms with Crippen LogP contribution in [-0.4, -0.2) is 6.61 Å². The first kappa shape index (κ1) is 8.78. The van der Waals surface area contributed by atoms with E-state index in [1.165, 1.54) is 23.6 Å². The van der Waals surface area contributed by atoms with Gasteiger partial charge in [-0.2, -0.15) is 0 Å². The van der Waals surface area contributed by atoms with E-state index in [0.717, 1.165) is 18.3 Å². The Morgan fingerprint density at radius 2 is 1.80 bits per heavy atom. The summed E-state index contributed by atoms with van der Waals surface area (Å²) in [6, 6.07) is 14.7. The molecule has 0 N–H and O–H groups in total. The second kappa shape index (κ2) is 3.58. The maximum absolute atomic E-state index is 5.74. The highest BCUT2D eigenvalue weighted by Gasteiger charge is 2.21. The Morgan fingerprint density at radius 3 is 2.60 bits per heavy atom. The van der Waals surface area contributed by atoms with Crippen LogP contribution < -0.4 is 4.74 Å². The van der Waals surface area contributed by atoms with Crippen LogP contribution in [0.3, 0.4) is 0 Å². The third kappa shape index (κ3) is 1.96. The van der Waals surface area contributed by atoms with Gasteiger partial charge in [0.2, 0.25) is 0 Å². The Balaban J connectivity index is 1.84. The molecule has 0 radical (unpaired) electrons. The van der Waals surface area contributed by atoms with E-state index in [4.69, 9.17) is 4.74 Å². The lowest BCUT2D eigenvalue weighted by Crippen LogP contribution is -1.98. The van der Waals surface area contributed by atoms with Crippen LogP contribution in [0.1, 0.15) is 12.8 Å². The van der Waals surface area contributed by atoms with Gasteiger partial charge in [-0.3, -0.25) is 0 Å². The molecule has 0 aromatic heterocycles. The van der Waals surface area contributed by atoms with Crippen molar-refractivity contribution in [2.24, 2.45) is 5.92 Å². The normalized spacial score (nSPS) is 15.5. The van der Waals surface area contributed by atoms with Crippen molar-refractivity contribution in [2.45, 2.75) is 12.8 Å². The molecule has 0 unspecified atom stereocenters. The Labute approximate surface area is 89.7 Å². The predicted octanol–water partition coefficient (Wildman–Crippen LogP) is 3.63. The van der Waals surface area contributed by atoms with E-state index < -0.39 is 0 Å². The zero-order valence-electron chi connectivity index (χ0n) is 8.65. The van der Waals surface area contributed by atoms with E-state index in [9.17, 15) is 0 Å². The smallest absolute Gasteiger partial charge is 0.119 e. The van der Waals surface area contributed by atoms with Gasteiger partial charge in [0.05, 0.1) is 6.61 Å². The molecule has 1 fully saturated rings. The molecule has 0 heterocycles. The minimum Gasteiger partial charge on any atom is -0.493 e. The highest BCUT2D eigenvalue weighted by molar-refractivity contribution is 5.83. The molecule has 1 nitrogen and oxygen atoms in total. The number of hydrogen-bond acceptors (Lipinski definition) is 1. The minimum absolute atomic E-state index is 0.816. The molecule has 2 aromatic rings. The zero-order valence-corrected chi connectivity index (χ0v) is 8.65. The van der Waals surface area contributed by atoms with Gasteiger partial charge in [-0.15, -0.1) is 0 Å². The van der Waals surface area contributed by atoms with Crippen molar-refractivity contribution >= 4 is 10.8 Å². The Hall–Kier alpha value is -1.50. The average Bonchev–Trinajstić information content (AvgIpc) is 3.10. The molecule has 15 heavy (non-hydrogen) atoms.